The molecule has 0 fully saturated rings. The molecule has 0 radical (unpaired) electrons. The second-order valence-electron chi connectivity index (χ2n) is 4.99. The van der Waals surface area contributed by atoms with Crippen molar-refractivity contribution in [3.63, 3.8) is 0 Å². The molecule has 1 unspecified atom stereocenters. The number of imidazole rings is 1. The number of nitrogens with one attached hydrogen (secondary N) is 1. The van der Waals surface area contributed by atoms with Crippen LogP contribution in [0, 0.1) is 0 Å². The van der Waals surface area contributed by atoms with Gasteiger partial charge in [-0.3, -0.25) is 0 Å². The van der Waals surface area contributed by atoms with E-state index in [1.54, 1.807) is 0 Å². The van der Waals surface area contributed by atoms with Gasteiger partial charge < -0.3 is 9.88 Å². The Morgan fingerprint density at radius 2 is 2.11 bits per heavy atom. The van der Waals surface area contributed by atoms with Gasteiger partial charge in [0, 0.05) is 31.4 Å². The van der Waals surface area contributed by atoms with Crippen molar-refractivity contribution in [2.75, 3.05) is 6.54 Å². The van der Waals surface area contributed by atoms with Crippen LogP contribution >= 0.6 is 0 Å². The minimum Gasteiger partial charge on any atom is -0.335 e. The van der Waals surface area contributed by atoms with Crippen molar-refractivity contribution in [3.05, 3.63) is 18.2 Å². The zero-order chi connectivity index (χ0) is 13.2. The maximum Gasteiger partial charge on any atom is 0.108 e. The van der Waals surface area contributed by atoms with Crippen molar-refractivity contribution in [2.24, 2.45) is 0 Å². The Bertz CT molecular complexity index is 306. The quantitative estimate of drug-likeness (QED) is 0.691. The van der Waals surface area contributed by atoms with Crippen molar-refractivity contribution < 1.29 is 0 Å². The lowest BCUT2D eigenvalue weighted by Gasteiger charge is -2.16. The smallest absolute Gasteiger partial charge is 0.108 e. The number of hydrogen-bond acceptors (Lipinski definition) is 2. The van der Waals surface area contributed by atoms with E-state index in [0.29, 0.717) is 6.04 Å². The lowest BCUT2D eigenvalue weighted by Crippen LogP contribution is -2.29. The Hall–Kier alpha value is -0.830. The van der Waals surface area contributed by atoms with Crippen LogP contribution in [0.3, 0.4) is 0 Å². The summed E-state index contributed by atoms with van der Waals surface area (Å²) in [7, 11) is 0. The van der Waals surface area contributed by atoms with Crippen molar-refractivity contribution in [3.8, 4) is 0 Å². The first-order valence-corrected chi connectivity index (χ1v) is 7.55. The van der Waals surface area contributed by atoms with Crippen LogP contribution < -0.4 is 5.32 Å². The fraction of sp³-hybridized carbons (Fsp3) is 0.800. The fourth-order valence-electron chi connectivity index (χ4n) is 2.30. The van der Waals surface area contributed by atoms with Gasteiger partial charge in [-0.1, -0.05) is 20.8 Å². The maximum absolute atomic E-state index is 4.42. The Balaban J connectivity index is 2.28. The molecule has 0 saturated carbocycles. The molecule has 0 amide bonds. The van der Waals surface area contributed by atoms with Crippen molar-refractivity contribution in [1.82, 2.24) is 14.9 Å². The minimum atomic E-state index is 0.683. The van der Waals surface area contributed by atoms with Gasteiger partial charge in [-0.05, 0) is 38.6 Å². The molecule has 0 aliphatic carbocycles. The first kappa shape index (κ1) is 15.2. The van der Waals surface area contributed by atoms with Crippen LogP contribution in [0.25, 0.3) is 0 Å². The molecule has 1 heterocycles. The van der Waals surface area contributed by atoms with Gasteiger partial charge >= 0.3 is 0 Å². The maximum atomic E-state index is 4.42. The second kappa shape index (κ2) is 9.15. The fourth-order valence-corrected chi connectivity index (χ4v) is 2.30. The minimum absolute atomic E-state index is 0.683. The van der Waals surface area contributed by atoms with Gasteiger partial charge in [0.2, 0.25) is 0 Å². The third kappa shape index (κ3) is 5.21. The Morgan fingerprint density at radius 1 is 1.28 bits per heavy atom. The first-order valence-electron chi connectivity index (χ1n) is 7.55. The molecule has 1 atom stereocenters. The standard InChI is InChI=1S/C15H29N3/c1-4-8-15-17-11-13-18(15)12-7-9-14(6-3)16-10-5-2/h11,13-14,16H,4-10,12H2,1-3H3. The zero-order valence-electron chi connectivity index (χ0n) is 12.3. The largest absolute Gasteiger partial charge is 0.335 e. The summed E-state index contributed by atoms with van der Waals surface area (Å²) in [6, 6.07) is 0.683. The van der Waals surface area contributed by atoms with E-state index in [1.807, 2.05) is 6.20 Å². The Labute approximate surface area is 112 Å². The number of nitrogens with zero attached hydrogens (tertiary/aromatic N) is 2. The number of aromatic nitrogens is 2. The van der Waals surface area contributed by atoms with E-state index in [1.165, 1.54) is 37.9 Å². The average molecular weight is 251 g/mol. The van der Waals surface area contributed by atoms with Crippen LogP contribution in [0.4, 0.5) is 0 Å². The van der Waals surface area contributed by atoms with Crippen LogP contribution in [0.5, 0.6) is 0 Å². The van der Waals surface area contributed by atoms with Gasteiger partial charge in [-0.25, -0.2) is 4.98 Å². The number of aryl methyl sites for hydroxylation is 2. The highest BCUT2D eigenvalue weighted by molar-refractivity contribution is 4.92. The van der Waals surface area contributed by atoms with Crippen LogP contribution in [0.1, 0.15) is 58.7 Å². The van der Waals surface area contributed by atoms with Gasteiger partial charge in [-0.15, -0.1) is 0 Å². The molecular weight excluding hydrogens is 222 g/mol. The van der Waals surface area contributed by atoms with E-state index in [-0.39, 0.29) is 0 Å². The van der Waals surface area contributed by atoms with E-state index in [0.717, 1.165) is 19.5 Å². The molecule has 0 aliphatic heterocycles. The molecule has 0 saturated heterocycles. The molecule has 0 spiro atoms. The van der Waals surface area contributed by atoms with Crippen molar-refractivity contribution in [2.45, 2.75) is 71.9 Å². The molecule has 1 rings (SSSR count). The number of rotatable bonds is 10. The van der Waals surface area contributed by atoms with Gasteiger partial charge in [0.05, 0.1) is 0 Å². The number of hydrogen-bond donors (Lipinski definition) is 1. The molecule has 1 aromatic rings. The molecule has 1 aromatic heterocycles. The molecule has 1 N–H and O–H groups in total. The summed E-state index contributed by atoms with van der Waals surface area (Å²) in [5.41, 5.74) is 0. The second-order valence-corrected chi connectivity index (χ2v) is 4.99. The summed E-state index contributed by atoms with van der Waals surface area (Å²) in [5, 5.41) is 3.61. The highest BCUT2D eigenvalue weighted by atomic mass is 15.1. The normalized spacial score (nSPS) is 12.8. The van der Waals surface area contributed by atoms with Gasteiger partial charge in [-0.2, -0.15) is 0 Å². The Kier molecular flexibility index (Phi) is 7.74. The summed E-state index contributed by atoms with van der Waals surface area (Å²) in [5.74, 6) is 1.24. The molecule has 0 aromatic carbocycles. The Morgan fingerprint density at radius 3 is 2.78 bits per heavy atom. The molecule has 0 bridgehead atoms. The van der Waals surface area contributed by atoms with Crippen LogP contribution in [-0.2, 0) is 13.0 Å². The molecular formula is C15H29N3. The summed E-state index contributed by atoms with van der Waals surface area (Å²) < 4.78 is 2.32. The highest BCUT2D eigenvalue weighted by Gasteiger charge is 2.06. The van der Waals surface area contributed by atoms with Crippen LogP contribution in [-0.4, -0.2) is 22.1 Å². The average Bonchev–Trinajstić information content (AvgIpc) is 2.81. The SMILES string of the molecule is CCCNC(CC)CCCn1ccnc1CCC. The van der Waals surface area contributed by atoms with E-state index >= 15 is 0 Å². The topological polar surface area (TPSA) is 29.9 Å². The lowest BCUT2D eigenvalue weighted by molar-refractivity contribution is 0.437. The monoisotopic (exact) mass is 251 g/mol. The van der Waals surface area contributed by atoms with Crippen molar-refractivity contribution in [1.29, 1.82) is 0 Å². The molecule has 3 nitrogen and oxygen atoms in total. The third-order valence-electron chi connectivity index (χ3n) is 3.40. The molecule has 0 aliphatic rings. The predicted octanol–water partition coefficient (Wildman–Crippen LogP) is 3.39. The van der Waals surface area contributed by atoms with E-state index < -0.39 is 0 Å². The zero-order valence-corrected chi connectivity index (χ0v) is 12.3. The molecule has 3 heteroatoms. The summed E-state index contributed by atoms with van der Waals surface area (Å²) in [6.45, 7) is 8.96. The van der Waals surface area contributed by atoms with Crippen LogP contribution in [0.15, 0.2) is 12.4 Å². The van der Waals surface area contributed by atoms with E-state index in [9.17, 15) is 0 Å². The van der Waals surface area contributed by atoms with Gasteiger partial charge in [0.25, 0.3) is 0 Å². The van der Waals surface area contributed by atoms with Gasteiger partial charge in [0.15, 0.2) is 0 Å². The highest BCUT2D eigenvalue weighted by Crippen LogP contribution is 2.07. The molecule has 18 heavy (non-hydrogen) atoms. The summed E-state index contributed by atoms with van der Waals surface area (Å²) >= 11 is 0. The first-order chi connectivity index (χ1) is 8.81. The third-order valence-corrected chi connectivity index (χ3v) is 3.40. The van der Waals surface area contributed by atoms with Crippen LogP contribution in [0.2, 0.25) is 0 Å². The van der Waals surface area contributed by atoms with E-state index in [4.69, 9.17) is 0 Å². The summed E-state index contributed by atoms with van der Waals surface area (Å²) in [6.07, 6.45) is 11.3. The van der Waals surface area contributed by atoms with Crippen molar-refractivity contribution >= 4 is 0 Å². The predicted molar refractivity (Wildman–Crippen MR) is 77.8 cm³/mol. The van der Waals surface area contributed by atoms with E-state index in [2.05, 4.69) is 41.8 Å². The summed E-state index contributed by atoms with van der Waals surface area (Å²) in [4.78, 5) is 4.42. The lowest BCUT2D eigenvalue weighted by atomic mass is 10.1. The van der Waals surface area contributed by atoms with Gasteiger partial charge in [0.1, 0.15) is 5.82 Å². The molecule has 104 valence electrons.